The Hall–Kier alpha value is -2.75. The SMILES string of the molecule is COc1cccc(NC(=O)CN(C)C(=O)CSc2ccc(C(F)(F)F)cn2)c1. The molecule has 150 valence electrons. The van der Waals surface area contributed by atoms with Gasteiger partial charge in [-0.25, -0.2) is 4.98 Å². The van der Waals surface area contributed by atoms with Gasteiger partial charge in [0, 0.05) is 25.0 Å². The minimum Gasteiger partial charge on any atom is -0.497 e. The fourth-order valence-electron chi connectivity index (χ4n) is 2.08. The van der Waals surface area contributed by atoms with Crippen molar-refractivity contribution < 1.29 is 27.5 Å². The van der Waals surface area contributed by atoms with Crippen molar-refractivity contribution in [2.45, 2.75) is 11.2 Å². The maximum Gasteiger partial charge on any atom is 0.417 e. The number of carbonyl (C=O) groups excluding carboxylic acids is 2. The smallest absolute Gasteiger partial charge is 0.417 e. The number of carbonyl (C=O) groups is 2. The number of thioether (sulfide) groups is 1. The van der Waals surface area contributed by atoms with Crippen molar-refractivity contribution in [2.75, 3.05) is 31.8 Å². The molecule has 0 bridgehead atoms. The molecule has 0 saturated carbocycles. The number of methoxy groups -OCH3 is 1. The zero-order chi connectivity index (χ0) is 20.7. The lowest BCUT2D eigenvalue weighted by atomic mass is 10.3. The van der Waals surface area contributed by atoms with Crippen LogP contribution >= 0.6 is 11.8 Å². The molecule has 0 aliphatic heterocycles. The monoisotopic (exact) mass is 413 g/mol. The molecule has 2 amide bonds. The van der Waals surface area contributed by atoms with Crippen LogP contribution < -0.4 is 10.1 Å². The highest BCUT2D eigenvalue weighted by Crippen LogP contribution is 2.29. The number of nitrogens with zero attached hydrogens (tertiary/aromatic N) is 2. The molecule has 0 aliphatic carbocycles. The van der Waals surface area contributed by atoms with Crippen molar-refractivity contribution in [2.24, 2.45) is 0 Å². The molecule has 1 heterocycles. The second-order valence-electron chi connectivity index (χ2n) is 5.70. The molecule has 1 aromatic carbocycles. The largest absolute Gasteiger partial charge is 0.497 e. The summed E-state index contributed by atoms with van der Waals surface area (Å²) in [5.41, 5.74) is -0.317. The van der Waals surface area contributed by atoms with E-state index in [1.54, 1.807) is 24.3 Å². The number of halogens is 3. The first kappa shape index (κ1) is 21.5. The maximum absolute atomic E-state index is 12.5. The summed E-state index contributed by atoms with van der Waals surface area (Å²) in [7, 11) is 2.98. The number of anilines is 1. The van der Waals surface area contributed by atoms with Crippen molar-refractivity contribution in [3.63, 3.8) is 0 Å². The fourth-order valence-corrected chi connectivity index (χ4v) is 2.87. The number of benzene rings is 1. The Morgan fingerprint density at radius 2 is 2.00 bits per heavy atom. The van der Waals surface area contributed by atoms with Crippen LogP contribution in [0.2, 0.25) is 0 Å². The number of amides is 2. The van der Waals surface area contributed by atoms with Gasteiger partial charge in [0.05, 0.1) is 30.0 Å². The third-order valence-corrected chi connectivity index (χ3v) is 4.50. The molecular weight excluding hydrogens is 395 g/mol. The number of likely N-dealkylation sites (N-methyl/N-ethyl adjacent to an activating group) is 1. The summed E-state index contributed by atoms with van der Waals surface area (Å²) < 4.78 is 42.6. The van der Waals surface area contributed by atoms with Crippen molar-refractivity contribution >= 4 is 29.3 Å². The number of pyridine rings is 1. The molecule has 10 heteroatoms. The van der Waals surface area contributed by atoms with E-state index in [4.69, 9.17) is 4.74 Å². The Bertz CT molecular complexity index is 829. The summed E-state index contributed by atoms with van der Waals surface area (Å²) in [4.78, 5) is 29.1. The van der Waals surface area contributed by atoms with Crippen LogP contribution in [-0.2, 0) is 15.8 Å². The normalized spacial score (nSPS) is 11.0. The molecule has 1 N–H and O–H groups in total. The first-order chi connectivity index (χ1) is 13.2. The van der Waals surface area contributed by atoms with E-state index in [1.165, 1.54) is 25.1 Å². The van der Waals surface area contributed by atoms with Crippen LogP contribution in [0.5, 0.6) is 5.75 Å². The average Bonchev–Trinajstić information content (AvgIpc) is 2.65. The predicted molar refractivity (Wildman–Crippen MR) is 99.2 cm³/mol. The van der Waals surface area contributed by atoms with Gasteiger partial charge in [-0.3, -0.25) is 9.59 Å². The van der Waals surface area contributed by atoms with E-state index in [2.05, 4.69) is 10.3 Å². The second kappa shape index (κ2) is 9.45. The number of nitrogens with one attached hydrogen (secondary N) is 1. The molecule has 0 spiro atoms. The lowest BCUT2D eigenvalue weighted by molar-refractivity contribution is -0.137. The highest BCUT2D eigenvalue weighted by Gasteiger charge is 2.30. The summed E-state index contributed by atoms with van der Waals surface area (Å²) in [6.45, 7) is -0.170. The highest BCUT2D eigenvalue weighted by atomic mass is 32.2. The van der Waals surface area contributed by atoms with Crippen molar-refractivity contribution in [1.29, 1.82) is 0 Å². The number of ether oxygens (including phenoxy) is 1. The molecular formula is C18H18F3N3O3S. The van der Waals surface area contributed by atoms with E-state index < -0.39 is 11.7 Å². The highest BCUT2D eigenvalue weighted by molar-refractivity contribution is 7.99. The van der Waals surface area contributed by atoms with Crippen molar-refractivity contribution in [3.05, 3.63) is 48.2 Å². The Balaban J connectivity index is 1.82. The molecule has 0 radical (unpaired) electrons. The topological polar surface area (TPSA) is 71.5 Å². The molecule has 0 fully saturated rings. The molecule has 6 nitrogen and oxygen atoms in total. The Labute approximate surface area is 164 Å². The van der Waals surface area contributed by atoms with Crippen LogP contribution in [-0.4, -0.2) is 48.2 Å². The molecule has 0 unspecified atom stereocenters. The first-order valence-corrected chi connectivity index (χ1v) is 9.01. The number of hydrogen-bond donors (Lipinski definition) is 1. The Kier molecular flexibility index (Phi) is 7.27. The van der Waals surface area contributed by atoms with E-state index in [1.807, 2.05) is 0 Å². The van der Waals surface area contributed by atoms with E-state index in [9.17, 15) is 22.8 Å². The summed E-state index contributed by atoms with van der Waals surface area (Å²) in [6.07, 6.45) is -3.74. The minimum atomic E-state index is -4.46. The van der Waals surface area contributed by atoms with Gasteiger partial charge in [-0.2, -0.15) is 13.2 Å². The number of aromatic nitrogens is 1. The molecule has 28 heavy (non-hydrogen) atoms. The number of rotatable bonds is 7. The first-order valence-electron chi connectivity index (χ1n) is 8.03. The van der Waals surface area contributed by atoms with E-state index in [-0.39, 0.29) is 29.1 Å². The van der Waals surface area contributed by atoms with Gasteiger partial charge >= 0.3 is 6.18 Å². The van der Waals surface area contributed by atoms with Gasteiger partial charge in [0.25, 0.3) is 0 Å². The standard InChI is InChI=1S/C18H18F3N3O3S/c1-24(10-15(25)23-13-4-3-5-14(8-13)27-2)17(26)11-28-16-7-6-12(9-22-16)18(19,20)21/h3-9H,10-11H2,1-2H3,(H,23,25). The van der Waals surface area contributed by atoms with Gasteiger partial charge in [-0.1, -0.05) is 17.8 Å². The molecule has 2 aromatic rings. The van der Waals surface area contributed by atoms with Gasteiger partial charge in [-0.15, -0.1) is 0 Å². The number of hydrogen-bond acceptors (Lipinski definition) is 5. The van der Waals surface area contributed by atoms with Gasteiger partial charge in [0.1, 0.15) is 5.75 Å². The summed E-state index contributed by atoms with van der Waals surface area (Å²) in [5.74, 6) is -0.210. The molecule has 1 aromatic heterocycles. The van der Waals surface area contributed by atoms with Crippen LogP contribution in [0, 0.1) is 0 Å². The lowest BCUT2D eigenvalue weighted by Crippen LogP contribution is -2.35. The second-order valence-corrected chi connectivity index (χ2v) is 6.70. The van der Waals surface area contributed by atoms with Crippen LogP contribution in [0.4, 0.5) is 18.9 Å². The van der Waals surface area contributed by atoms with Crippen molar-refractivity contribution in [1.82, 2.24) is 9.88 Å². The fraction of sp³-hybridized carbons (Fsp3) is 0.278. The summed E-state index contributed by atoms with van der Waals surface area (Å²) in [6, 6.07) is 8.90. The Morgan fingerprint density at radius 3 is 2.61 bits per heavy atom. The summed E-state index contributed by atoms with van der Waals surface area (Å²) in [5, 5.41) is 2.95. The zero-order valence-corrected chi connectivity index (χ0v) is 15.9. The molecule has 2 rings (SSSR count). The molecule has 0 aliphatic rings. The average molecular weight is 413 g/mol. The number of alkyl halides is 3. The van der Waals surface area contributed by atoms with Crippen LogP contribution in [0.25, 0.3) is 0 Å². The maximum atomic E-state index is 12.5. The van der Waals surface area contributed by atoms with E-state index >= 15 is 0 Å². The lowest BCUT2D eigenvalue weighted by Gasteiger charge is -2.16. The molecule has 0 atom stereocenters. The summed E-state index contributed by atoms with van der Waals surface area (Å²) >= 11 is 0.994. The van der Waals surface area contributed by atoms with Gasteiger partial charge < -0.3 is 15.0 Å². The minimum absolute atomic E-state index is 0.0543. The van der Waals surface area contributed by atoms with Crippen LogP contribution in [0.3, 0.4) is 0 Å². The Morgan fingerprint density at radius 1 is 1.25 bits per heavy atom. The van der Waals surface area contributed by atoms with E-state index in [0.717, 1.165) is 24.0 Å². The quantitative estimate of drug-likeness (QED) is 0.706. The third kappa shape index (κ3) is 6.45. The van der Waals surface area contributed by atoms with Gasteiger partial charge in [-0.05, 0) is 24.3 Å². The van der Waals surface area contributed by atoms with Gasteiger partial charge in [0.2, 0.25) is 11.8 Å². The molecule has 0 saturated heterocycles. The van der Waals surface area contributed by atoms with Gasteiger partial charge in [0.15, 0.2) is 0 Å². The predicted octanol–water partition coefficient (Wildman–Crippen LogP) is 3.30. The zero-order valence-electron chi connectivity index (χ0n) is 15.1. The van der Waals surface area contributed by atoms with Crippen LogP contribution in [0.1, 0.15) is 5.56 Å². The third-order valence-electron chi connectivity index (χ3n) is 3.57. The van der Waals surface area contributed by atoms with Crippen molar-refractivity contribution in [3.8, 4) is 5.75 Å². The van der Waals surface area contributed by atoms with Crippen LogP contribution in [0.15, 0.2) is 47.6 Å². The van der Waals surface area contributed by atoms with E-state index in [0.29, 0.717) is 11.4 Å².